The number of fused-ring (bicyclic) bond motifs is 1. The van der Waals surface area contributed by atoms with Crippen LogP contribution in [0, 0.1) is 5.95 Å². The van der Waals surface area contributed by atoms with E-state index in [4.69, 9.17) is 18.6 Å². The number of hydrogen-bond acceptors (Lipinski definition) is 5. The third-order valence-electron chi connectivity index (χ3n) is 7.79. The lowest BCUT2D eigenvalue weighted by Gasteiger charge is -2.32. The zero-order chi connectivity index (χ0) is 27.8. The molecular weight excluding hydrogens is 624 g/mol. The molecule has 6 nitrogen and oxygen atoms in total. The second-order valence-corrected chi connectivity index (χ2v) is 13.5. The second-order valence-electron chi connectivity index (χ2n) is 11.4. The van der Waals surface area contributed by atoms with Crippen molar-refractivity contribution in [2.75, 3.05) is 0 Å². The van der Waals surface area contributed by atoms with Crippen LogP contribution in [0.5, 0.6) is 0 Å². The second kappa shape index (κ2) is 9.44. The minimum atomic E-state index is -4.59. The van der Waals surface area contributed by atoms with Gasteiger partial charge in [-0.05, 0) is 106 Å². The van der Waals surface area contributed by atoms with Crippen LogP contribution in [0.4, 0.5) is 17.6 Å². The molecule has 1 unspecified atom stereocenters. The summed E-state index contributed by atoms with van der Waals surface area (Å²) in [5.74, 6) is -0.706. The minimum absolute atomic E-state index is 0.112. The highest BCUT2D eigenvalue weighted by molar-refractivity contribution is 14.2. The summed E-state index contributed by atoms with van der Waals surface area (Å²) in [6, 6.07) is 4.78. The van der Waals surface area contributed by atoms with E-state index in [1.165, 1.54) is 10.5 Å². The van der Waals surface area contributed by atoms with Gasteiger partial charge in [0.1, 0.15) is 0 Å². The Morgan fingerprint density at radius 1 is 0.919 bits per heavy atom. The standard InChI is InChI=1S/C23H30B2F4IN2O4P/c1-19(2)20(3,4)34-24(33-19)15(12-23(27,28)29)17(25-35-21(5,6)22(7,8)36-25)13-9-10-16-14(11-13)18(26)31-32(16)37-30/h9-11,37H,12H2,1-8H3/b17-15-. The Kier molecular flexibility index (Phi) is 7.46. The van der Waals surface area contributed by atoms with E-state index in [2.05, 4.69) is 27.1 Å². The molecule has 0 radical (unpaired) electrons. The number of nitrogens with zero attached hydrogens (tertiary/aromatic N) is 2. The maximum Gasteiger partial charge on any atom is 0.494 e. The van der Waals surface area contributed by atoms with Gasteiger partial charge in [-0.1, -0.05) is 6.07 Å². The van der Waals surface area contributed by atoms with E-state index in [0.717, 1.165) is 0 Å². The summed E-state index contributed by atoms with van der Waals surface area (Å²) in [5.41, 5.74) is -2.63. The third-order valence-corrected chi connectivity index (χ3v) is 9.66. The number of hydrogen-bond donors (Lipinski definition) is 0. The van der Waals surface area contributed by atoms with Gasteiger partial charge in [0.05, 0.1) is 46.1 Å². The van der Waals surface area contributed by atoms with Gasteiger partial charge in [-0.2, -0.15) is 17.6 Å². The third kappa shape index (κ3) is 5.37. The van der Waals surface area contributed by atoms with E-state index in [0.29, 0.717) is 11.1 Å². The highest BCUT2D eigenvalue weighted by Gasteiger charge is 2.58. The van der Waals surface area contributed by atoms with Gasteiger partial charge in [-0.15, -0.1) is 5.10 Å². The van der Waals surface area contributed by atoms with Crippen LogP contribution in [0.25, 0.3) is 16.4 Å². The molecular formula is C23H30B2F4IN2O4P. The number of rotatable bonds is 5. The van der Waals surface area contributed by atoms with Crippen molar-refractivity contribution in [1.29, 1.82) is 0 Å². The topological polar surface area (TPSA) is 54.7 Å². The molecule has 1 aromatic carbocycles. The molecule has 14 heteroatoms. The predicted octanol–water partition coefficient (Wildman–Crippen LogP) is 6.94. The zero-order valence-corrected chi connectivity index (χ0v) is 25.2. The Balaban J connectivity index is 1.98. The molecule has 37 heavy (non-hydrogen) atoms. The Morgan fingerprint density at radius 3 is 1.86 bits per heavy atom. The van der Waals surface area contributed by atoms with Crippen molar-refractivity contribution in [3.8, 4) is 0 Å². The van der Waals surface area contributed by atoms with E-state index in [1.807, 2.05) is 27.7 Å². The summed E-state index contributed by atoms with van der Waals surface area (Å²) >= 11 is 2.09. The van der Waals surface area contributed by atoms with Gasteiger partial charge in [-0.3, -0.25) is 0 Å². The fraction of sp³-hybridized carbons (Fsp3) is 0.609. The fourth-order valence-corrected chi connectivity index (χ4v) is 5.77. The Labute approximate surface area is 229 Å². The first-order chi connectivity index (χ1) is 16.8. The maximum absolute atomic E-state index is 14.8. The van der Waals surface area contributed by atoms with Gasteiger partial charge in [0.15, 0.2) is 0 Å². The maximum atomic E-state index is 14.8. The summed E-state index contributed by atoms with van der Waals surface area (Å²) < 4.78 is 83.2. The van der Waals surface area contributed by atoms with Crippen LogP contribution in [0.3, 0.4) is 0 Å². The molecule has 2 saturated heterocycles. The number of allylic oxidation sites excluding steroid dienone is 1. The fourth-order valence-electron chi connectivity index (χ4n) is 4.25. The number of aromatic nitrogens is 2. The normalized spacial score (nSPS) is 23.5. The lowest BCUT2D eigenvalue weighted by atomic mass is 9.61. The summed E-state index contributed by atoms with van der Waals surface area (Å²) in [7, 11) is -2.50. The van der Waals surface area contributed by atoms with Crippen molar-refractivity contribution in [3.05, 3.63) is 35.2 Å². The van der Waals surface area contributed by atoms with Crippen molar-refractivity contribution in [3.63, 3.8) is 0 Å². The predicted molar refractivity (Wildman–Crippen MR) is 147 cm³/mol. The van der Waals surface area contributed by atoms with Crippen molar-refractivity contribution in [1.82, 2.24) is 9.55 Å². The van der Waals surface area contributed by atoms with Crippen LogP contribution < -0.4 is 0 Å². The van der Waals surface area contributed by atoms with Gasteiger partial charge in [0.25, 0.3) is 0 Å². The van der Waals surface area contributed by atoms with Gasteiger partial charge in [0.2, 0.25) is 5.95 Å². The van der Waals surface area contributed by atoms with Crippen molar-refractivity contribution in [2.45, 2.75) is 90.4 Å². The number of halogens is 5. The highest BCUT2D eigenvalue weighted by atomic mass is 127. The van der Waals surface area contributed by atoms with E-state index in [-0.39, 0.29) is 22.7 Å². The van der Waals surface area contributed by atoms with Crippen LogP contribution in [0.2, 0.25) is 0 Å². The minimum Gasteiger partial charge on any atom is -0.400 e. The Morgan fingerprint density at radius 2 is 1.41 bits per heavy atom. The van der Waals surface area contributed by atoms with E-state index in [9.17, 15) is 17.6 Å². The molecule has 2 aliphatic rings. The molecule has 2 aliphatic heterocycles. The van der Waals surface area contributed by atoms with Crippen LogP contribution in [0.1, 0.15) is 67.4 Å². The summed E-state index contributed by atoms with van der Waals surface area (Å²) in [6.45, 7) is 14.4. The van der Waals surface area contributed by atoms with E-state index >= 15 is 0 Å². The van der Waals surface area contributed by atoms with Crippen molar-refractivity contribution in [2.24, 2.45) is 0 Å². The highest BCUT2D eigenvalue weighted by Crippen LogP contribution is 2.47. The Hall–Kier alpha value is -0.720. The first-order valence-electron chi connectivity index (χ1n) is 11.8. The van der Waals surface area contributed by atoms with Gasteiger partial charge in [0, 0.05) is 0 Å². The van der Waals surface area contributed by atoms with Gasteiger partial charge in [-0.25, -0.2) is 4.45 Å². The monoisotopic (exact) mass is 654 g/mol. The molecule has 202 valence electrons. The molecule has 0 N–H and O–H groups in total. The Bertz CT molecular complexity index is 1220. The smallest absolute Gasteiger partial charge is 0.400 e. The van der Waals surface area contributed by atoms with Crippen LogP contribution >= 0.6 is 28.4 Å². The lowest BCUT2D eigenvalue weighted by Crippen LogP contribution is -2.41. The summed E-state index contributed by atoms with van der Waals surface area (Å²) in [6.07, 6.45) is -5.76. The average molecular weight is 654 g/mol. The molecule has 2 fully saturated rings. The first-order valence-corrected chi connectivity index (χ1v) is 15.9. The lowest BCUT2D eigenvalue weighted by molar-refractivity contribution is -0.126. The molecule has 0 bridgehead atoms. The van der Waals surface area contributed by atoms with Crippen LogP contribution in [0.15, 0.2) is 23.7 Å². The molecule has 0 aliphatic carbocycles. The SMILES string of the molecule is CC1(C)OB(/C(CC(F)(F)F)=C(\B2OC(C)(C)C(C)(C)O2)c2ccc3c(c2)c(F)nn3PI)OC1(C)C. The van der Waals surface area contributed by atoms with Crippen LogP contribution in [-0.4, -0.2) is 52.4 Å². The number of alkyl halides is 3. The van der Waals surface area contributed by atoms with Crippen molar-refractivity contribution < 1.29 is 36.2 Å². The average Bonchev–Trinajstić information content (AvgIpc) is 3.25. The molecule has 0 spiro atoms. The molecule has 3 heterocycles. The van der Waals surface area contributed by atoms with E-state index < -0.39 is 55.2 Å². The summed E-state index contributed by atoms with van der Waals surface area (Å²) in [5, 5.41) is 4.11. The summed E-state index contributed by atoms with van der Waals surface area (Å²) in [4.78, 5) is 0. The largest absolute Gasteiger partial charge is 0.494 e. The molecule has 1 atom stereocenters. The van der Waals surface area contributed by atoms with Crippen molar-refractivity contribution >= 4 is 59.0 Å². The molecule has 0 amide bonds. The van der Waals surface area contributed by atoms with E-state index in [1.54, 1.807) is 39.8 Å². The van der Waals surface area contributed by atoms with Gasteiger partial charge < -0.3 is 18.6 Å². The molecule has 1 aromatic heterocycles. The molecule has 2 aromatic rings. The zero-order valence-electron chi connectivity index (χ0n) is 22.0. The molecule has 0 saturated carbocycles. The number of benzene rings is 1. The van der Waals surface area contributed by atoms with Gasteiger partial charge >= 0.3 is 20.4 Å². The van der Waals surface area contributed by atoms with Crippen LogP contribution in [-0.2, 0) is 18.6 Å². The quantitative estimate of drug-likeness (QED) is 0.152. The first kappa shape index (κ1) is 29.3. The molecule has 4 rings (SSSR count).